The maximum atomic E-state index is 10.8. The summed E-state index contributed by atoms with van der Waals surface area (Å²) in [6.45, 7) is 5.58. The number of ether oxygens (including phenoxy) is 1. The number of rotatable bonds is 7. The highest BCUT2D eigenvalue weighted by Crippen LogP contribution is 2.16. The van der Waals surface area contributed by atoms with Gasteiger partial charge in [0.2, 0.25) is 0 Å². The maximum absolute atomic E-state index is 10.8. The molecule has 1 unspecified atom stereocenters. The van der Waals surface area contributed by atoms with Crippen molar-refractivity contribution in [1.82, 2.24) is 4.98 Å². The van der Waals surface area contributed by atoms with Crippen molar-refractivity contribution in [2.75, 3.05) is 25.2 Å². The predicted octanol–water partition coefficient (Wildman–Crippen LogP) is 2.03. The fourth-order valence-electron chi connectivity index (χ4n) is 1.65. The summed E-state index contributed by atoms with van der Waals surface area (Å²) in [7, 11) is 1.66. The first-order valence-electron chi connectivity index (χ1n) is 6.05. The van der Waals surface area contributed by atoms with Gasteiger partial charge in [-0.3, -0.25) is 0 Å². The fraction of sp³-hybridized carbons (Fsp3) is 0.538. The van der Waals surface area contributed by atoms with Crippen LogP contribution in [-0.4, -0.2) is 42.4 Å². The lowest BCUT2D eigenvalue weighted by molar-refractivity contribution is 0.0696. The molecule has 0 saturated heterocycles. The summed E-state index contributed by atoms with van der Waals surface area (Å²) < 4.78 is 5.09. The van der Waals surface area contributed by atoms with Gasteiger partial charge in [0.1, 0.15) is 5.82 Å². The minimum absolute atomic E-state index is 0.203. The van der Waals surface area contributed by atoms with Crippen LogP contribution in [0.2, 0.25) is 0 Å². The van der Waals surface area contributed by atoms with Crippen LogP contribution in [0.5, 0.6) is 0 Å². The molecule has 0 bridgehead atoms. The molecule has 0 aromatic carbocycles. The molecule has 5 nitrogen and oxygen atoms in total. The zero-order valence-corrected chi connectivity index (χ0v) is 11.1. The van der Waals surface area contributed by atoms with E-state index in [4.69, 9.17) is 9.84 Å². The number of pyridine rings is 1. The Hall–Kier alpha value is -1.62. The number of aromatic nitrogens is 1. The van der Waals surface area contributed by atoms with Gasteiger partial charge in [-0.25, -0.2) is 9.78 Å². The van der Waals surface area contributed by atoms with E-state index in [9.17, 15) is 4.79 Å². The highest BCUT2D eigenvalue weighted by molar-refractivity contribution is 5.87. The third-order valence-electron chi connectivity index (χ3n) is 2.95. The van der Waals surface area contributed by atoms with Crippen molar-refractivity contribution in [2.45, 2.75) is 26.3 Å². The standard InChI is InChI=1S/C13H20N2O3/c1-4-10(2)15(7-8-18-3)12-6-5-11(9-14-12)13(16)17/h5-6,9-10H,4,7-8H2,1-3H3,(H,16,17). The van der Waals surface area contributed by atoms with E-state index in [1.165, 1.54) is 6.20 Å². The molecule has 0 amide bonds. The Bertz CT molecular complexity index is 378. The van der Waals surface area contributed by atoms with Crippen molar-refractivity contribution in [2.24, 2.45) is 0 Å². The maximum Gasteiger partial charge on any atom is 0.337 e. The van der Waals surface area contributed by atoms with Gasteiger partial charge in [0, 0.05) is 25.9 Å². The van der Waals surface area contributed by atoms with Crippen LogP contribution in [0.25, 0.3) is 0 Å². The molecule has 5 heteroatoms. The molecule has 1 aromatic rings. The second-order valence-corrected chi connectivity index (χ2v) is 4.15. The third-order valence-corrected chi connectivity index (χ3v) is 2.95. The number of nitrogens with zero attached hydrogens (tertiary/aromatic N) is 2. The van der Waals surface area contributed by atoms with Crippen molar-refractivity contribution in [3.8, 4) is 0 Å². The molecule has 0 aliphatic heterocycles. The topological polar surface area (TPSA) is 62.7 Å². The van der Waals surface area contributed by atoms with Gasteiger partial charge in [0.15, 0.2) is 0 Å². The molecule has 0 fully saturated rings. The zero-order chi connectivity index (χ0) is 13.5. The van der Waals surface area contributed by atoms with Crippen molar-refractivity contribution in [1.29, 1.82) is 0 Å². The van der Waals surface area contributed by atoms with Gasteiger partial charge < -0.3 is 14.7 Å². The molecule has 1 heterocycles. The van der Waals surface area contributed by atoms with Crippen molar-refractivity contribution >= 4 is 11.8 Å². The highest BCUT2D eigenvalue weighted by Gasteiger charge is 2.14. The highest BCUT2D eigenvalue weighted by atomic mass is 16.5. The molecule has 1 atom stereocenters. The van der Waals surface area contributed by atoms with Crippen LogP contribution in [0.3, 0.4) is 0 Å². The molecular formula is C13H20N2O3. The van der Waals surface area contributed by atoms with Crippen molar-refractivity contribution in [3.63, 3.8) is 0 Å². The van der Waals surface area contributed by atoms with E-state index in [2.05, 4.69) is 23.7 Å². The van der Waals surface area contributed by atoms with Crippen LogP contribution in [0, 0.1) is 0 Å². The van der Waals surface area contributed by atoms with E-state index in [0.717, 1.165) is 18.8 Å². The van der Waals surface area contributed by atoms with Gasteiger partial charge in [-0.2, -0.15) is 0 Å². The first-order chi connectivity index (χ1) is 8.60. The van der Waals surface area contributed by atoms with Crippen LogP contribution in [0.15, 0.2) is 18.3 Å². The lowest BCUT2D eigenvalue weighted by Gasteiger charge is -2.29. The SMILES string of the molecule is CCC(C)N(CCOC)c1ccc(C(=O)O)cn1. The quantitative estimate of drug-likeness (QED) is 0.804. The molecule has 0 spiro atoms. The van der Waals surface area contributed by atoms with E-state index in [-0.39, 0.29) is 5.56 Å². The summed E-state index contributed by atoms with van der Waals surface area (Å²) in [6.07, 6.45) is 2.38. The molecule has 0 radical (unpaired) electrons. The zero-order valence-electron chi connectivity index (χ0n) is 11.1. The van der Waals surface area contributed by atoms with Crippen molar-refractivity contribution < 1.29 is 14.6 Å². The van der Waals surface area contributed by atoms with Gasteiger partial charge >= 0.3 is 5.97 Å². The molecule has 0 saturated carbocycles. The number of carboxylic acid groups (broad SMARTS) is 1. The fourth-order valence-corrected chi connectivity index (χ4v) is 1.65. The van der Waals surface area contributed by atoms with E-state index in [1.54, 1.807) is 19.2 Å². The molecule has 0 aliphatic rings. The molecular weight excluding hydrogens is 232 g/mol. The minimum atomic E-state index is -0.957. The van der Waals surface area contributed by atoms with E-state index >= 15 is 0 Å². The summed E-state index contributed by atoms with van der Waals surface area (Å²) in [5, 5.41) is 8.84. The number of carboxylic acids is 1. The average molecular weight is 252 g/mol. The van der Waals surface area contributed by atoms with Gasteiger partial charge in [0.25, 0.3) is 0 Å². The number of hydrogen-bond donors (Lipinski definition) is 1. The summed E-state index contributed by atoms with van der Waals surface area (Å²) >= 11 is 0. The second kappa shape index (κ2) is 6.96. The lowest BCUT2D eigenvalue weighted by atomic mass is 10.2. The Kier molecular flexibility index (Phi) is 5.58. The molecule has 18 heavy (non-hydrogen) atoms. The predicted molar refractivity (Wildman–Crippen MR) is 70.2 cm³/mol. The smallest absolute Gasteiger partial charge is 0.337 e. The van der Waals surface area contributed by atoms with E-state index in [1.807, 2.05) is 0 Å². The summed E-state index contributed by atoms with van der Waals surface area (Å²) in [5.41, 5.74) is 0.203. The third kappa shape index (κ3) is 3.70. The molecule has 1 rings (SSSR count). The molecule has 1 N–H and O–H groups in total. The minimum Gasteiger partial charge on any atom is -0.478 e. The largest absolute Gasteiger partial charge is 0.478 e. The van der Waals surface area contributed by atoms with Crippen LogP contribution < -0.4 is 4.90 Å². The Balaban J connectivity index is 2.87. The number of hydrogen-bond acceptors (Lipinski definition) is 4. The Morgan fingerprint density at radius 3 is 2.72 bits per heavy atom. The summed E-state index contributed by atoms with van der Waals surface area (Å²) in [6, 6.07) is 3.65. The van der Waals surface area contributed by atoms with Crippen LogP contribution in [0.1, 0.15) is 30.6 Å². The second-order valence-electron chi connectivity index (χ2n) is 4.15. The van der Waals surface area contributed by atoms with Gasteiger partial charge in [0.05, 0.1) is 12.2 Å². The van der Waals surface area contributed by atoms with Gasteiger partial charge in [-0.05, 0) is 25.5 Å². The normalized spacial score (nSPS) is 12.2. The Morgan fingerprint density at radius 1 is 1.56 bits per heavy atom. The van der Waals surface area contributed by atoms with Crippen molar-refractivity contribution in [3.05, 3.63) is 23.9 Å². The molecule has 0 aliphatic carbocycles. The first kappa shape index (κ1) is 14.4. The van der Waals surface area contributed by atoms with E-state index < -0.39 is 5.97 Å². The summed E-state index contributed by atoms with van der Waals surface area (Å²) in [5.74, 6) is -0.174. The first-order valence-corrected chi connectivity index (χ1v) is 6.05. The van der Waals surface area contributed by atoms with E-state index in [0.29, 0.717) is 12.6 Å². The van der Waals surface area contributed by atoms with Gasteiger partial charge in [-0.15, -0.1) is 0 Å². The number of anilines is 1. The summed E-state index contributed by atoms with van der Waals surface area (Å²) in [4.78, 5) is 17.1. The van der Waals surface area contributed by atoms with Crippen LogP contribution in [-0.2, 0) is 4.74 Å². The monoisotopic (exact) mass is 252 g/mol. The van der Waals surface area contributed by atoms with Gasteiger partial charge in [-0.1, -0.05) is 6.92 Å². The lowest BCUT2D eigenvalue weighted by Crippen LogP contribution is -2.36. The molecule has 1 aromatic heterocycles. The average Bonchev–Trinajstić information content (AvgIpc) is 2.39. The Morgan fingerprint density at radius 2 is 2.28 bits per heavy atom. The Labute approximate surface area is 107 Å². The van der Waals surface area contributed by atoms with Crippen LogP contribution in [0.4, 0.5) is 5.82 Å². The number of carbonyl (C=O) groups is 1. The van der Waals surface area contributed by atoms with Crippen LogP contribution >= 0.6 is 0 Å². The number of aromatic carboxylic acids is 1. The number of methoxy groups -OCH3 is 1. The molecule has 100 valence electrons.